The molecule has 0 heterocycles. The van der Waals surface area contributed by atoms with Crippen molar-refractivity contribution in [2.24, 2.45) is 0 Å². The molecular weight excluding hydrogens is 320 g/mol. The average molecular weight is 342 g/mol. The van der Waals surface area contributed by atoms with Crippen LogP contribution in [0.2, 0.25) is 0 Å². The number of phenolic OH excluding ortho intramolecular Hbond substituents is 2. The van der Waals surface area contributed by atoms with Crippen molar-refractivity contribution in [1.82, 2.24) is 0 Å². The standard InChI is InChI=1S/C24H22O2/c25-23-15-11-21(12-16-23)5-1-3-19-7-9-20(10-8-19)4-2-6-22-13-17-24(26)18-14-22/h1-2,5-18,25-26H,3-4H2. The Balaban J connectivity index is 1.51. The summed E-state index contributed by atoms with van der Waals surface area (Å²) in [6.07, 6.45) is 10.1. The van der Waals surface area contributed by atoms with Crippen molar-refractivity contribution in [2.75, 3.05) is 0 Å². The average Bonchev–Trinajstić information content (AvgIpc) is 2.66. The summed E-state index contributed by atoms with van der Waals surface area (Å²) in [6, 6.07) is 23.0. The van der Waals surface area contributed by atoms with E-state index in [1.807, 2.05) is 24.3 Å². The predicted octanol–water partition coefficient (Wildman–Crippen LogP) is 5.61. The minimum Gasteiger partial charge on any atom is -0.508 e. The lowest BCUT2D eigenvalue weighted by Gasteiger charge is -2.01. The summed E-state index contributed by atoms with van der Waals surface area (Å²) in [5, 5.41) is 18.6. The molecule has 2 N–H and O–H groups in total. The Morgan fingerprint density at radius 2 is 0.846 bits per heavy atom. The highest BCUT2D eigenvalue weighted by molar-refractivity contribution is 5.52. The first-order valence-corrected chi connectivity index (χ1v) is 8.68. The van der Waals surface area contributed by atoms with Gasteiger partial charge in [-0.1, -0.05) is 72.8 Å². The fourth-order valence-corrected chi connectivity index (χ4v) is 2.64. The molecule has 2 nitrogen and oxygen atoms in total. The van der Waals surface area contributed by atoms with Crippen molar-refractivity contribution in [3.63, 3.8) is 0 Å². The van der Waals surface area contributed by atoms with Gasteiger partial charge in [-0.15, -0.1) is 0 Å². The zero-order valence-electron chi connectivity index (χ0n) is 14.5. The zero-order chi connectivity index (χ0) is 18.2. The maximum absolute atomic E-state index is 9.28. The quantitative estimate of drug-likeness (QED) is 0.611. The summed E-state index contributed by atoms with van der Waals surface area (Å²) in [5.74, 6) is 0.578. The van der Waals surface area contributed by atoms with E-state index in [2.05, 4.69) is 48.6 Å². The molecule has 3 aromatic rings. The fourth-order valence-electron chi connectivity index (χ4n) is 2.64. The number of hydrogen-bond donors (Lipinski definition) is 2. The molecule has 0 spiro atoms. The van der Waals surface area contributed by atoms with Crippen LogP contribution in [0, 0.1) is 0 Å². The fraction of sp³-hybridized carbons (Fsp3) is 0.0833. The van der Waals surface area contributed by atoms with Gasteiger partial charge in [-0.25, -0.2) is 0 Å². The molecule has 26 heavy (non-hydrogen) atoms. The molecule has 0 unspecified atom stereocenters. The number of benzene rings is 3. The maximum atomic E-state index is 9.28. The van der Waals surface area contributed by atoms with Crippen LogP contribution in [0.1, 0.15) is 22.3 Å². The molecule has 0 bridgehead atoms. The molecule has 0 saturated heterocycles. The van der Waals surface area contributed by atoms with Crippen molar-refractivity contribution in [3.05, 3.63) is 107 Å². The van der Waals surface area contributed by atoms with Crippen LogP contribution < -0.4 is 0 Å². The van der Waals surface area contributed by atoms with Gasteiger partial charge in [0.1, 0.15) is 11.5 Å². The van der Waals surface area contributed by atoms with Gasteiger partial charge in [-0.3, -0.25) is 0 Å². The topological polar surface area (TPSA) is 40.5 Å². The van der Waals surface area contributed by atoms with Crippen molar-refractivity contribution in [3.8, 4) is 11.5 Å². The van der Waals surface area contributed by atoms with Gasteiger partial charge in [0.2, 0.25) is 0 Å². The number of phenols is 2. The molecule has 0 aliphatic rings. The molecule has 0 aliphatic heterocycles. The Morgan fingerprint density at radius 3 is 1.19 bits per heavy atom. The zero-order valence-corrected chi connectivity index (χ0v) is 14.5. The monoisotopic (exact) mass is 342 g/mol. The highest BCUT2D eigenvalue weighted by Gasteiger charge is 1.94. The summed E-state index contributed by atoms with van der Waals surface area (Å²) in [7, 11) is 0. The van der Waals surface area contributed by atoms with Gasteiger partial charge in [0.05, 0.1) is 0 Å². The van der Waals surface area contributed by atoms with Gasteiger partial charge in [0.25, 0.3) is 0 Å². The SMILES string of the molecule is Oc1ccc(C=CCc2ccc(CC=Cc3ccc(O)cc3)cc2)cc1. The molecule has 0 fully saturated rings. The van der Waals surface area contributed by atoms with Crippen molar-refractivity contribution >= 4 is 12.2 Å². The molecule has 3 rings (SSSR count). The van der Waals surface area contributed by atoms with E-state index in [4.69, 9.17) is 0 Å². The number of aromatic hydroxyl groups is 2. The van der Waals surface area contributed by atoms with E-state index in [9.17, 15) is 10.2 Å². The van der Waals surface area contributed by atoms with E-state index in [0.717, 1.165) is 24.0 Å². The molecule has 0 aliphatic carbocycles. The Labute approximate surface area is 154 Å². The van der Waals surface area contributed by atoms with Crippen LogP contribution in [0.25, 0.3) is 12.2 Å². The van der Waals surface area contributed by atoms with E-state index in [-0.39, 0.29) is 11.5 Å². The Morgan fingerprint density at radius 1 is 0.500 bits per heavy atom. The van der Waals surface area contributed by atoms with Gasteiger partial charge in [0.15, 0.2) is 0 Å². The summed E-state index contributed by atoms with van der Waals surface area (Å²) < 4.78 is 0. The predicted molar refractivity (Wildman–Crippen MR) is 108 cm³/mol. The lowest BCUT2D eigenvalue weighted by molar-refractivity contribution is 0.474. The van der Waals surface area contributed by atoms with Crippen LogP contribution in [-0.4, -0.2) is 10.2 Å². The first-order valence-electron chi connectivity index (χ1n) is 8.68. The number of allylic oxidation sites excluding steroid dienone is 2. The molecule has 0 aromatic heterocycles. The van der Waals surface area contributed by atoms with Gasteiger partial charge in [-0.2, -0.15) is 0 Å². The lowest BCUT2D eigenvalue weighted by Crippen LogP contribution is -1.85. The van der Waals surface area contributed by atoms with Crippen LogP contribution in [-0.2, 0) is 12.8 Å². The van der Waals surface area contributed by atoms with Crippen LogP contribution in [0.3, 0.4) is 0 Å². The largest absolute Gasteiger partial charge is 0.508 e. The van der Waals surface area contributed by atoms with E-state index < -0.39 is 0 Å². The second-order valence-corrected chi connectivity index (χ2v) is 6.21. The Hall–Kier alpha value is -3.26. The molecule has 0 radical (unpaired) electrons. The number of rotatable bonds is 6. The molecule has 0 atom stereocenters. The maximum Gasteiger partial charge on any atom is 0.115 e. The van der Waals surface area contributed by atoms with E-state index in [0.29, 0.717) is 0 Å². The minimum absolute atomic E-state index is 0.289. The lowest BCUT2D eigenvalue weighted by atomic mass is 10.1. The van der Waals surface area contributed by atoms with Gasteiger partial charge in [0, 0.05) is 0 Å². The third-order valence-corrected chi connectivity index (χ3v) is 4.14. The molecule has 0 saturated carbocycles. The summed E-state index contributed by atoms with van der Waals surface area (Å²) in [5.41, 5.74) is 4.70. The third kappa shape index (κ3) is 5.38. The highest BCUT2D eigenvalue weighted by atomic mass is 16.3. The molecule has 130 valence electrons. The van der Waals surface area contributed by atoms with Gasteiger partial charge in [-0.05, 0) is 59.4 Å². The van der Waals surface area contributed by atoms with E-state index in [1.54, 1.807) is 24.3 Å². The van der Waals surface area contributed by atoms with Crippen LogP contribution in [0.15, 0.2) is 84.9 Å². The second-order valence-electron chi connectivity index (χ2n) is 6.21. The minimum atomic E-state index is 0.289. The molecular formula is C24H22O2. The number of hydrogen-bond acceptors (Lipinski definition) is 2. The third-order valence-electron chi connectivity index (χ3n) is 4.14. The first-order chi connectivity index (χ1) is 12.7. The summed E-state index contributed by atoms with van der Waals surface area (Å²) in [6.45, 7) is 0. The van der Waals surface area contributed by atoms with Crippen molar-refractivity contribution in [1.29, 1.82) is 0 Å². The molecule has 3 aromatic carbocycles. The highest BCUT2D eigenvalue weighted by Crippen LogP contribution is 2.13. The van der Waals surface area contributed by atoms with Crippen LogP contribution >= 0.6 is 0 Å². The first kappa shape index (κ1) is 17.6. The van der Waals surface area contributed by atoms with Gasteiger partial charge < -0.3 is 10.2 Å². The molecule has 2 heteroatoms. The van der Waals surface area contributed by atoms with Gasteiger partial charge >= 0.3 is 0 Å². The Kier molecular flexibility index (Phi) is 5.89. The van der Waals surface area contributed by atoms with E-state index in [1.165, 1.54) is 11.1 Å². The normalized spacial score (nSPS) is 11.4. The second kappa shape index (κ2) is 8.72. The Bertz CT molecular complexity index is 795. The van der Waals surface area contributed by atoms with E-state index >= 15 is 0 Å². The smallest absolute Gasteiger partial charge is 0.115 e. The van der Waals surface area contributed by atoms with Crippen LogP contribution in [0.4, 0.5) is 0 Å². The van der Waals surface area contributed by atoms with Crippen molar-refractivity contribution < 1.29 is 10.2 Å². The van der Waals surface area contributed by atoms with Crippen molar-refractivity contribution in [2.45, 2.75) is 12.8 Å². The van der Waals surface area contributed by atoms with Crippen LogP contribution in [0.5, 0.6) is 11.5 Å². The molecule has 0 amide bonds. The summed E-state index contributed by atoms with van der Waals surface area (Å²) in [4.78, 5) is 0. The summed E-state index contributed by atoms with van der Waals surface area (Å²) >= 11 is 0.